The Labute approximate surface area is 142 Å². The molecule has 2 aromatic heterocycles. The first-order chi connectivity index (χ1) is 11.8. The molecule has 1 unspecified atom stereocenters. The maximum absolute atomic E-state index is 10.6. The zero-order chi connectivity index (χ0) is 16.4. The van der Waals surface area contributed by atoms with Gasteiger partial charge < -0.3 is 9.51 Å². The molecular formula is C20H23N3O. The van der Waals surface area contributed by atoms with Gasteiger partial charge in [-0.25, -0.2) is 4.98 Å². The fraction of sp³-hybridized carbons (Fsp3) is 0.350. The van der Waals surface area contributed by atoms with Gasteiger partial charge in [-0.3, -0.25) is 4.90 Å². The minimum Gasteiger partial charge on any atom is -0.388 e. The molecule has 1 saturated heterocycles. The molecular weight excluding hydrogens is 298 g/mol. The van der Waals surface area contributed by atoms with Gasteiger partial charge >= 0.3 is 0 Å². The highest BCUT2D eigenvalue weighted by Crippen LogP contribution is 2.31. The Balaban J connectivity index is 1.39. The molecule has 24 heavy (non-hydrogen) atoms. The van der Waals surface area contributed by atoms with Gasteiger partial charge in [0.1, 0.15) is 5.65 Å². The van der Waals surface area contributed by atoms with Crippen molar-refractivity contribution in [2.24, 2.45) is 5.92 Å². The number of pyridine rings is 1. The first kappa shape index (κ1) is 15.4. The highest BCUT2D eigenvalue weighted by molar-refractivity contribution is 5.39. The molecule has 0 bridgehead atoms. The van der Waals surface area contributed by atoms with E-state index in [1.54, 1.807) is 0 Å². The van der Waals surface area contributed by atoms with Crippen molar-refractivity contribution < 1.29 is 5.11 Å². The normalized spacial score (nSPS) is 18.0. The molecule has 3 heterocycles. The highest BCUT2D eigenvalue weighted by atomic mass is 16.3. The van der Waals surface area contributed by atoms with Crippen molar-refractivity contribution >= 4 is 5.65 Å². The summed E-state index contributed by atoms with van der Waals surface area (Å²) in [5.74, 6) is 0.354. The van der Waals surface area contributed by atoms with Gasteiger partial charge in [-0.05, 0) is 49.5 Å². The van der Waals surface area contributed by atoms with Crippen LogP contribution in [0.25, 0.3) is 5.65 Å². The van der Waals surface area contributed by atoms with Gasteiger partial charge in [0.2, 0.25) is 0 Å². The van der Waals surface area contributed by atoms with Crippen LogP contribution in [0.1, 0.15) is 30.2 Å². The van der Waals surface area contributed by atoms with Crippen LogP contribution in [0.4, 0.5) is 0 Å². The van der Waals surface area contributed by atoms with Crippen LogP contribution in [0.5, 0.6) is 0 Å². The molecule has 1 fully saturated rings. The van der Waals surface area contributed by atoms with E-state index in [1.807, 2.05) is 48.8 Å². The fourth-order valence-corrected chi connectivity index (χ4v) is 3.71. The summed E-state index contributed by atoms with van der Waals surface area (Å²) in [5, 5.41) is 10.6. The van der Waals surface area contributed by atoms with E-state index in [1.165, 1.54) is 5.69 Å². The summed E-state index contributed by atoms with van der Waals surface area (Å²) in [6.45, 7) is 2.99. The second-order valence-electron chi connectivity index (χ2n) is 6.64. The Bertz CT molecular complexity index is 791. The van der Waals surface area contributed by atoms with Crippen molar-refractivity contribution in [2.45, 2.75) is 25.5 Å². The zero-order valence-electron chi connectivity index (χ0n) is 13.8. The molecule has 1 aromatic carbocycles. The van der Waals surface area contributed by atoms with Gasteiger partial charge in [0.15, 0.2) is 0 Å². The number of piperidine rings is 1. The molecule has 0 aliphatic carbocycles. The van der Waals surface area contributed by atoms with Gasteiger partial charge in [0.25, 0.3) is 0 Å². The zero-order valence-corrected chi connectivity index (χ0v) is 13.8. The van der Waals surface area contributed by atoms with E-state index in [0.717, 1.165) is 43.7 Å². The molecule has 1 N–H and O–H groups in total. The van der Waals surface area contributed by atoms with Crippen molar-refractivity contribution in [3.8, 4) is 0 Å². The molecule has 4 heteroatoms. The lowest BCUT2D eigenvalue weighted by molar-refractivity contribution is 0.0563. The van der Waals surface area contributed by atoms with E-state index in [-0.39, 0.29) is 6.10 Å². The predicted octanol–water partition coefficient (Wildman–Crippen LogP) is 3.28. The molecule has 4 nitrogen and oxygen atoms in total. The van der Waals surface area contributed by atoms with Gasteiger partial charge in [0, 0.05) is 24.6 Å². The Morgan fingerprint density at radius 3 is 2.62 bits per heavy atom. The van der Waals surface area contributed by atoms with Crippen molar-refractivity contribution in [3.63, 3.8) is 0 Å². The third-order valence-corrected chi connectivity index (χ3v) is 5.12. The summed E-state index contributed by atoms with van der Waals surface area (Å²) in [4.78, 5) is 6.83. The average molecular weight is 321 g/mol. The summed E-state index contributed by atoms with van der Waals surface area (Å²) < 4.78 is 2.16. The topological polar surface area (TPSA) is 40.8 Å². The van der Waals surface area contributed by atoms with Gasteiger partial charge in [0.05, 0.1) is 6.10 Å². The van der Waals surface area contributed by atoms with Crippen LogP contribution in [-0.4, -0.2) is 32.5 Å². The lowest BCUT2D eigenvalue weighted by Gasteiger charge is -2.34. The molecule has 1 aliphatic rings. The molecule has 0 saturated carbocycles. The Kier molecular flexibility index (Phi) is 4.32. The third-order valence-electron chi connectivity index (χ3n) is 5.12. The van der Waals surface area contributed by atoms with Crippen LogP contribution in [0, 0.1) is 5.92 Å². The number of hydrogen-bond donors (Lipinski definition) is 1. The SMILES string of the molecule is OC(c1ccccc1)C1CCN(Cc2cccc3nccn23)CC1. The van der Waals surface area contributed by atoms with E-state index >= 15 is 0 Å². The van der Waals surface area contributed by atoms with E-state index in [9.17, 15) is 5.11 Å². The first-order valence-corrected chi connectivity index (χ1v) is 8.67. The minimum absolute atomic E-state index is 0.342. The molecule has 1 atom stereocenters. The quantitative estimate of drug-likeness (QED) is 0.802. The maximum Gasteiger partial charge on any atom is 0.136 e. The Hall–Kier alpha value is -2.17. The van der Waals surface area contributed by atoms with Crippen LogP contribution in [0.3, 0.4) is 0 Å². The van der Waals surface area contributed by atoms with Crippen LogP contribution in [0.2, 0.25) is 0 Å². The molecule has 124 valence electrons. The summed E-state index contributed by atoms with van der Waals surface area (Å²) in [5.41, 5.74) is 3.31. The number of fused-ring (bicyclic) bond motifs is 1. The maximum atomic E-state index is 10.6. The Morgan fingerprint density at radius 2 is 1.83 bits per heavy atom. The van der Waals surface area contributed by atoms with Crippen molar-refractivity contribution in [2.75, 3.05) is 13.1 Å². The van der Waals surface area contributed by atoms with E-state index < -0.39 is 0 Å². The lowest BCUT2D eigenvalue weighted by atomic mass is 9.87. The number of imidazole rings is 1. The van der Waals surface area contributed by atoms with Crippen molar-refractivity contribution in [3.05, 3.63) is 72.2 Å². The van der Waals surface area contributed by atoms with Gasteiger partial charge in [-0.15, -0.1) is 0 Å². The number of nitrogens with zero attached hydrogens (tertiary/aromatic N) is 3. The number of aliphatic hydroxyl groups is 1. The van der Waals surface area contributed by atoms with Crippen molar-refractivity contribution in [1.29, 1.82) is 0 Å². The van der Waals surface area contributed by atoms with Crippen LogP contribution in [-0.2, 0) is 6.54 Å². The number of benzene rings is 1. The second-order valence-corrected chi connectivity index (χ2v) is 6.64. The summed E-state index contributed by atoms with van der Waals surface area (Å²) in [7, 11) is 0. The fourth-order valence-electron chi connectivity index (χ4n) is 3.71. The molecule has 4 rings (SSSR count). The number of hydrogen-bond acceptors (Lipinski definition) is 3. The molecule has 0 amide bonds. The minimum atomic E-state index is -0.342. The van der Waals surface area contributed by atoms with Crippen LogP contribution < -0.4 is 0 Å². The number of likely N-dealkylation sites (tertiary alicyclic amines) is 1. The summed E-state index contributed by atoms with van der Waals surface area (Å²) in [6.07, 6.45) is 5.61. The van der Waals surface area contributed by atoms with Crippen LogP contribution in [0.15, 0.2) is 60.9 Å². The number of aliphatic hydroxyl groups excluding tert-OH is 1. The molecule has 0 radical (unpaired) electrons. The monoisotopic (exact) mass is 321 g/mol. The average Bonchev–Trinajstić information content (AvgIpc) is 3.12. The van der Waals surface area contributed by atoms with E-state index in [0.29, 0.717) is 5.92 Å². The number of aromatic nitrogens is 2. The summed E-state index contributed by atoms with van der Waals surface area (Å²) >= 11 is 0. The molecule has 3 aromatic rings. The van der Waals surface area contributed by atoms with E-state index in [2.05, 4.69) is 26.4 Å². The predicted molar refractivity (Wildman–Crippen MR) is 94.6 cm³/mol. The Morgan fingerprint density at radius 1 is 1.04 bits per heavy atom. The largest absolute Gasteiger partial charge is 0.388 e. The molecule has 1 aliphatic heterocycles. The smallest absolute Gasteiger partial charge is 0.136 e. The standard InChI is InChI=1S/C20H23N3O/c24-20(16-5-2-1-3-6-16)17-9-12-22(13-10-17)15-18-7-4-8-19-21-11-14-23(18)19/h1-8,11,14,17,20,24H,9-10,12-13,15H2. The summed E-state index contributed by atoms with van der Waals surface area (Å²) in [6, 6.07) is 16.3. The highest BCUT2D eigenvalue weighted by Gasteiger charge is 2.26. The van der Waals surface area contributed by atoms with Crippen LogP contribution >= 0.6 is 0 Å². The van der Waals surface area contributed by atoms with Gasteiger partial charge in [-0.2, -0.15) is 0 Å². The van der Waals surface area contributed by atoms with E-state index in [4.69, 9.17) is 0 Å². The lowest BCUT2D eigenvalue weighted by Crippen LogP contribution is -2.35. The second kappa shape index (κ2) is 6.75. The third kappa shape index (κ3) is 3.07. The first-order valence-electron chi connectivity index (χ1n) is 8.67. The number of rotatable bonds is 4. The van der Waals surface area contributed by atoms with Crippen molar-refractivity contribution in [1.82, 2.24) is 14.3 Å². The van der Waals surface area contributed by atoms with Gasteiger partial charge in [-0.1, -0.05) is 36.4 Å². The molecule has 0 spiro atoms.